The molecule has 0 unspecified atom stereocenters. The van der Waals surface area contributed by atoms with Gasteiger partial charge in [0.15, 0.2) is 5.78 Å². The largest absolute Gasteiger partial charge is 0.481 e. The van der Waals surface area contributed by atoms with E-state index in [1.165, 1.54) is 12.1 Å². The van der Waals surface area contributed by atoms with Gasteiger partial charge in [0.1, 0.15) is 18.0 Å². The number of carbonyl (C=O) groups excluding carboxylic acids is 3. The molecule has 0 atom stereocenters. The fourth-order valence-corrected chi connectivity index (χ4v) is 4.98. The Morgan fingerprint density at radius 1 is 0.805 bits per heavy atom. The summed E-state index contributed by atoms with van der Waals surface area (Å²) < 4.78 is 15.9. The molecule has 4 rings (SSSR count). The van der Waals surface area contributed by atoms with Crippen molar-refractivity contribution in [2.45, 2.75) is 45.6 Å². The van der Waals surface area contributed by atoms with Gasteiger partial charge in [-0.05, 0) is 53.4 Å². The zero-order valence-electron chi connectivity index (χ0n) is 22.9. The predicted octanol–water partition coefficient (Wildman–Crippen LogP) is 6.73. The van der Waals surface area contributed by atoms with E-state index in [2.05, 4.69) is 5.32 Å². The maximum atomic E-state index is 14.0. The van der Waals surface area contributed by atoms with Gasteiger partial charge in [0, 0.05) is 29.9 Å². The van der Waals surface area contributed by atoms with Gasteiger partial charge in [-0.3, -0.25) is 19.2 Å². The molecule has 8 heteroatoms. The van der Waals surface area contributed by atoms with Crippen molar-refractivity contribution in [3.63, 3.8) is 0 Å². The van der Waals surface area contributed by atoms with E-state index in [0.29, 0.717) is 33.8 Å². The Morgan fingerprint density at radius 3 is 2.00 bits per heavy atom. The number of hydrogen-bond donors (Lipinski definition) is 2. The summed E-state index contributed by atoms with van der Waals surface area (Å²) >= 11 is 0. The third kappa shape index (κ3) is 7.03. The summed E-state index contributed by atoms with van der Waals surface area (Å²) in [5.41, 5.74) is 4.44. The lowest BCUT2D eigenvalue weighted by Gasteiger charge is -2.17. The van der Waals surface area contributed by atoms with Crippen molar-refractivity contribution >= 4 is 29.1 Å². The number of nitrogens with zero attached hydrogens (tertiary/aromatic N) is 1. The number of Topliss-reactive ketones (excluding diaryl/α,β-unsaturated/α-hetero) is 2. The third-order valence-electron chi connectivity index (χ3n) is 6.65. The van der Waals surface area contributed by atoms with Gasteiger partial charge in [-0.15, -0.1) is 0 Å². The second kappa shape index (κ2) is 13.0. The molecule has 3 aromatic carbocycles. The molecule has 7 nitrogen and oxygen atoms in total. The highest BCUT2D eigenvalue weighted by molar-refractivity contribution is 6.12. The molecule has 1 amide bonds. The second-order valence-electron chi connectivity index (χ2n) is 10.1. The highest BCUT2D eigenvalue weighted by atomic mass is 19.1. The zero-order chi connectivity index (χ0) is 29.5. The van der Waals surface area contributed by atoms with Crippen molar-refractivity contribution in [3.05, 3.63) is 102 Å². The van der Waals surface area contributed by atoms with Gasteiger partial charge in [0.25, 0.3) is 5.91 Å². The van der Waals surface area contributed by atoms with Crippen molar-refractivity contribution in [1.29, 1.82) is 0 Å². The molecule has 2 N–H and O–H groups in total. The van der Waals surface area contributed by atoms with E-state index in [0.717, 1.165) is 5.56 Å². The number of carboxylic acids is 1. The second-order valence-corrected chi connectivity index (χ2v) is 10.1. The van der Waals surface area contributed by atoms with E-state index in [4.69, 9.17) is 5.11 Å². The van der Waals surface area contributed by atoms with Gasteiger partial charge < -0.3 is 15.0 Å². The minimum atomic E-state index is -1.28. The maximum absolute atomic E-state index is 14.0. The fraction of sp³-hybridized carbons (Fsp3) is 0.212. The van der Waals surface area contributed by atoms with Crippen LogP contribution in [0.15, 0.2) is 84.9 Å². The van der Waals surface area contributed by atoms with Crippen molar-refractivity contribution in [2.24, 2.45) is 0 Å². The molecule has 0 aliphatic rings. The van der Waals surface area contributed by atoms with Crippen LogP contribution in [0.5, 0.6) is 0 Å². The number of carboxylic acid groups (broad SMARTS) is 1. The van der Waals surface area contributed by atoms with Gasteiger partial charge >= 0.3 is 5.97 Å². The monoisotopic (exact) mass is 554 g/mol. The van der Waals surface area contributed by atoms with Crippen LogP contribution >= 0.6 is 0 Å². The number of para-hydroxylation sites is 1. The number of anilines is 1. The Morgan fingerprint density at radius 2 is 1.41 bits per heavy atom. The Labute approximate surface area is 237 Å². The summed E-state index contributed by atoms with van der Waals surface area (Å²) in [5.74, 6) is -3.25. The third-order valence-corrected chi connectivity index (χ3v) is 6.65. The van der Waals surface area contributed by atoms with Crippen LogP contribution in [0.4, 0.5) is 10.1 Å². The molecule has 0 fully saturated rings. The molecule has 41 heavy (non-hydrogen) atoms. The van der Waals surface area contributed by atoms with Crippen LogP contribution in [-0.4, -0.2) is 33.1 Å². The molecule has 0 saturated heterocycles. The Bertz CT molecular complexity index is 1560. The topological polar surface area (TPSA) is 105 Å². The van der Waals surface area contributed by atoms with Crippen molar-refractivity contribution in [2.75, 3.05) is 5.32 Å². The molecule has 1 heterocycles. The zero-order valence-corrected chi connectivity index (χ0v) is 22.9. The number of amides is 1. The fourth-order valence-electron chi connectivity index (χ4n) is 4.98. The van der Waals surface area contributed by atoms with Crippen LogP contribution in [0.2, 0.25) is 0 Å². The normalized spacial score (nSPS) is 10.9. The number of benzene rings is 3. The summed E-state index contributed by atoms with van der Waals surface area (Å²) in [6.07, 6.45) is -1.25. The summed E-state index contributed by atoms with van der Waals surface area (Å²) in [7, 11) is 0. The molecule has 0 spiro atoms. The first kappa shape index (κ1) is 29.1. The van der Waals surface area contributed by atoms with Gasteiger partial charge in [-0.25, -0.2) is 4.39 Å². The van der Waals surface area contributed by atoms with Crippen LogP contribution in [0, 0.1) is 5.82 Å². The van der Waals surface area contributed by atoms with E-state index in [9.17, 15) is 23.6 Å². The maximum Gasteiger partial charge on any atom is 0.310 e. The summed E-state index contributed by atoms with van der Waals surface area (Å²) in [4.78, 5) is 49.6. The predicted molar refractivity (Wildman–Crippen MR) is 155 cm³/mol. The van der Waals surface area contributed by atoms with Gasteiger partial charge in [0.2, 0.25) is 0 Å². The smallest absolute Gasteiger partial charge is 0.310 e. The molecule has 0 aliphatic heterocycles. The number of aromatic nitrogens is 1. The molecule has 0 bridgehead atoms. The van der Waals surface area contributed by atoms with E-state index in [-0.39, 0.29) is 24.8 Å². The summed E-state index contributed by atoms with van der Waals surface area (Å²) in [6, 6.07) is 24.4. The number of aliphatic carboxylic acids is 1. The molecule has 0 saturated carbocycles. The first-order valence-electron chi connectivity index (χ1n) is 13.3. The Kier molecular flexibility index (Phi) is 9.24. The first-order valence-corrected chi connectivity index (χ1v) is 13.3. The number of rotatable bonds is 12. The quantitative estimate of drug-likeness (QED) is 0.189. The van der Waals surface area contributed by atoms with E-state index < -0.39 is 36.2 Å². The lowest BCUT2D eigenvalue weighted by molar-refractivity contribution is -0.140. The average molecular weight is 555 g/mol. The van der Waals surface area contributed by atoms with E-state index >= 15 is 0 Å². The molecule has 4 aromatic rings. The molecular formula is C33H31FN2O5. The summed E-state index contributed by atoms with van der Waals surface area (Å²) in [5, 5.41) is 11.9. The number of halogens is 1. The summed E-state index contributed by atoms with van der Waals surface area (Å²) in [6.45, 7) is 4.04. The molecule has 0 aliphatic carbocycles. The lowest BCUT2D eigenvalue weighted by Crippen LogP contribution is -2.18. The van der Waals surface area contributed by atoms with Crippen molar-refractivity contribution < 1.29 is 28.7 Å². The van der Waals surface area contributed by atoms with Crippen molar-refractivity contribution in [3.8, 4) is 22.4 Å². The van der Waals surface area contributed by atoms with Gasteiger partial charge in [0.05, 0.1) is 17.7 Å². The van der Waals surface area contributed by atoms with Gasteiger partial charge in [-0.1, -0.05) is 62.4 Å². The molecular weight excluding hydrogens is 523 g/mol. The average Bonchev–Trinajstić information content (AvgIpc) is 3.28. The van der Waals surface area contributed by atoms with E-state index in [1.807, 2.05) is 66.9 Å². The molecule has 0 radical (unpaired) electrons. The van der Waals surface area contributed by atoms with Crippen LogP contribution in [-0.2, 0) is 20.9 Å². The first-order chi connectivity index (χ1) is 19.7. The van der Waals surface area contributed by atoms with Gasteiger partial charge in [-0.2, -0.15) is 0 Å². The number of ketones is 2. The van der Waals surface area contributed by atoms with Crippen LogP contribution in [0.3, 0.4) is 0 Å². The number of hydrogen-bond acceptors (Lipinski definition) is 4. The van der Waals surface area contributed by atoms with E-state index in [1.54, 1.807) is 24.3 Å². The van der Waals surface area contributed by atoms with Crippen LogP contribution < -0.4 is 5.32 Å². The minimum Gasteiger partial charge on any atom is -0.481 e. The Hall–Kier alpha value is -4.85. The van der Waals surface area contributed by atoms with Crippen LogP contribution in [0.25, 0.3) is 22.4 Å². The van der Waals surface area contributed by atoms with Crippen LogP contribution in [0.1, 0.15) is 55.1 Å². The SMILES string of the molecule is CC(C)c1c(C(=O)Nc2ccccc2)c(-c2ccccc2)c(-c2ccc(F)cc2)n1CCC(=O)CC(=O)CC(=O)O. The lowest BCUT2D eigenvalue weighted by atomic mass is 9.94. The molecule has 210 valence electrons. The highest BCUT2D eigenvalue weighted by Crippen LogP contribution is 2.42. The number of carbonyl (C=O) groups is 4. The molecule has 1 aromatic heterocycles. The van der Waals surface area contributed by atoms with Crippen molar-refractivity contribution in [1.82, 2.24) is 4.57 Å². The highest BCUT2D eigenvalue weighted by Gasteiger charge is 2.30. The number of nitrogens with one attached hydrogen (secondary N) is 1. The minimum absolute atomic E-state index is 0.0536. The standard InChI is InChI=1S/C33H31FN2O5/c1-21(2)31-30(33(41)35-25-11-7-4-8-12-25)29(22-9-5-3-6-10-22)32(23-13-15-24(34)16-14-23)36(31)18-17-26(37)19-27(38)20-28(39)40/h3-16,21H,17-20H2,1-2H3,(H,35,41)(H,39,40). The Balaban J connectivity index is 1.90.